The third kappa shape index (κ3) is 3.97. The van der Waals surface area contributed by atoms with Crippen LogP contribution in [0.25, 0.3) is 22.3 Å². The molecule has 2 aliphatic rings. The lowest BCUT2D eigenvalue weighted by Crippen LogP contribution is -2.39. The van der Waals surface area contributed by atoms with Gasteiger partial charge in [-0.3, -0.25) is 16.0 Å². The van der Waals surface area contributed by atoms with Crippen molar-refractivity contribution in [3.63, 3.8) is 0 Å². The maximum absolute atomic E-state index is 13.1. The molecule has 3 aromatic rings. The molecule has 7 heteroatoms. The summed E-state index contributed by atoms with van der Waals surface area (Å²) >= 11 is 0. The number of nitrogens with one attached hydrogen (secondary N) is 3. The average molecular weight is 435 g/mol. The van der Waals surface area contributed by atoms with E-state index < -0.39 is 15.3 Å². The molecule has 3 aromatic carbocycles. The van der Waals surface area contributed by atoms with Gasteiger partial charge in [0.2, 0.25) is 9.84 Å². The van der Waals surface area contributed by atoms with E-state index in [2.05, 4.69) is 51.2 Å². The van der Waals surface area contributed by atoms with Gasteiger partial charge >= 0.3 is 0 Å². The van der Waals surface area contributed by atoms with Gasteiger partial charge in [-0.1, -0.05) is 54.6 Å². The van der Waals surface area contributed by atoms with Gasteiger partial charge in [-0.15, -0.1) is 0 Å². The first-order valence-corrected chi connectivity index (χ1v) is 12.1. The molecule has 2 saturated heterocycles. The zero-order chi connectivity index (χ0) is 21.3. The van der Waals surface area contributed by atoms with Gasteiger partial charge in [0.1, 0.15) is 0 Å². The summed E-state index contributed by atoms with van der Waals surface area (Å²) < 4.78 is 26.1. The number of rotatable bonds is 5. The fourth-order valence-corrected chi connectivity index (χ4v) is 5.74. The van der Waals surface area contributed by atoms with Crippen molar-refractivity contribution in [2.24, 2.45) is 0 Å². The number of benzene rings is 3. The zero-order valence-electron chi connectivity index (χ0n) is 17.2. The molecule has 0 radical (unpaired) electrons. The summed E-state index contributed by atoms with van der Waals surface area (Å²) in [4.78, 5) is 2.64. The SMILES string of the molecule is O=S(=O)(c1cccc(-c2ccc(-c3ccccc3)cc2N2CCNC2)c1)C1NCCN1. The topological polar surface area (TPSA) is 73.5 Å². The Labute approximate surface area is 183 Å². The molecular formula is C24H26N4O2S. The normalized spacial score (nSPS) is 17.4. The highest BCUT2D eigenvalue weighted by Gasteiger charge is 2.30. The first kappa shape index (κ1) is 20.2. The second-order valence-corrected chi connectivity index (χ2v) is 9.91. The molecule has 0 aliphatic carbocycles. The van der Waals surface area contributed by atoms with Crippen molar-refractivity contribution in [2.75, 3.05) is 37.7 Å². The average Bonchev–Trinajstić information content (AvgIpc) is 3.54. The predicted molar refractivity (Wildman–Crippen MR) is 125 cm³/mol. The Morgan fingerprint density at radius 3 is 2.29 bits per heavy atom. The minimum atomic E-state index is -3.50. The van der Waals surface area contributed by atoms with Crippen LogP contribution in [0, 0.1) is 0 Å². The third-order valence-corrected chi connectivity index (χ3v) is 7.74. The lowest BCUT2D eigenvalue weighted by Gasteiger charge is -2.22. The van der Waals surface area contributed by atoms with Gasteiger partial charge in [0.05, 0.1) is 11.6 Å². The monoisotopic (exact) mass is 434 g/mol. The first-order valence-electron chi connectivity index (χ1n) is 10.6. The molecule has 2 fully saturated rings. The van der Waals surface area contributed by atoms with Crippen molar-refractivity contribution < 1.29 is 8.42 Å². The number of hydrogen-bond acceptors (Lipinski definition) is 6. The molecule has 160 valence electrons. The largest absolute Gasteiger partial charge is 0.357 e. The number of anilines is 1. The lowest BCUT2D eigenvalue weighted by molar-refractivity contribution is 0.561. The van der Waals surface area contributed by atoms with E-state index in [1.807, 2.05) is 30.3 Å². The van der Waals surface area contributed by atoms with Crippen LogP contribution in [0.2, 0.25) is 0 Å². The maximum Gasteiger partial charge on any atom is 0.207 e. The molecule has 2 heterocycles. The highest BCUT2D eigenvalue weighted by Crippen LogP contribution is 2.36. The second-order valence-electron chi connectivity index (χ2n) is 7.88. The molecule has 31 heavy (non-hydrogen) atoms. The van der Waals surface area contributed by atoms with Crippen LogP contribution in [-0.2, 0) is 9.84 Å². The van der Waals surface area contributed by atoms with E-state index in [1.54, 1.807) is 12.1 Å². The van der Waals surface area contributed by atoms with E-state index in [4.69, 9.17) is 0 Å². The summed E-state index contributed by atoms with van der Waals surface area (Å²) in [5.74, 6) is 0. The molecule has 0 bridgehead atoms. The van der Waals surface area contributed by atoms with Gasteiger partial charge in [0, 0.05) is 37.4 Å². The van der Waals surface area contributed by atoms with Gasteiger partial charge in [-0.05, 0) is 34.9 Å². The molecule has 6 nitrogen and oxygen atoms in total. The van der Waals surface area contributed by atoms with Crippen molar-refractivity contribution in [3.8, 4) is 22.3 Å². The summed E-state index contributed by atoms with van der Waals surface area (Å²) in [5.41, 5.74) is 4.63. The van der Waals surface area contributed by atoms with E-state index in [0.717, 1.165) is 47.7 Å². The molecule has 5 rings (SSSR count). The molecule has 0 unspecified atom stereocenters. The van der Waals surface area contributed by atoms with E-state index in [-0.39, 0.29) is 0 Å². The Balaban J connectivity index is 1.58. The Hall–Kier alpha value is -2.71. The van der Waals surface area contributed by atoms with Crippen molar-refractivity contribution in [1.29, 1.82) is 0 Å². The summed E-state index contributed by atoms with van der Waals surface area (Å²) in [6, 6.07) is 24.0. The van der Waals surface area contributed by atoms with Crippen LogP contribution in [0.1, 0.15) is 0 Å². The maximum atomic E-state index is 13.1. The van der Waals surface area contributed by atoms with Crippen LogP contribution >= 0.6 is 0 Å². The van der Waals surface area contributed by atoms with Gasteiger partial charge in [-0.25, -0.2) is 8.42 Å². The van der Waals surface area contributed by atoms with E-state index in [1.165, 1.54) is 0 Å². The summed E-state index contributed by atoms with van der Waals surface area (Å²) in [5, 5.41) is 9.44. The molecule has 0 amide bonds. The Morgan fingerprint density at radius 2 is 1.55 bits per heavy atom. The van der Waals surface area contributed by atoms with Crippen molar-refractivity contribution in [3.05, 3.63) is 72.8 Å². The third-order valence-electron chi connectivity index (χ3n) is 5.88. The predicted octanol–water partition coefficient (Wildman–Crippen LogP) is 2.64. The van der Waals surface area contributed by atoms with Crippen LogP contribution in [0.3, 0.4) is 0 Å². The molecular weight excluding hydrogens is 408 g/mol. The number of nitrogens with zero attached hydrogens (tertiary/aromatic N) is 1. The number of sulfone groups is 1. The van der Waals surface area contributed by atoms with Crippen LogP contribution in [0.4, 0.5) is 5.69 Å². The minimum Gasteiger partial charge on any atom is -0.357 e. The van der Waals surface area contributed by atoms with Crippen LogP contribution in [0.5, 0.6) is 0 Å². The van der Waals surface area contributed by atoms with Gasteiger partial charge < -0.3 is 4.90 Å². The Kier molecular flexibility index (Phi) is 5.50. The van der Waals surface area contributed by atoms with E-state index >= 15 is 0 Å². The molecule has 0 saturated carbocycles. The summed E-state index contributed by atoms with van der Waals surface area (Å²) in [6.45, 7) is 3.92. The van der Waals surface area contributed by atoms with Crippen LogP contribution in [0.15, 0.2) is 77.7 Å². The Morgan fingerprint density at radius 1 is 0.774 bits per heavy atom. The minimum absolute atomic E-state index is 0.328. The fraction of sp³-hybridized carbons (Fsp3) is 0.250. The molecule has 0 spiro atoms. The highest BCUT2D eigenvalue weighted by molar-refractivity contribution is 7.92. The fourth-order valence-electron chi connectivity index (χ4n) is 4.24. The van der Waals surface area contributed by atoms with Gasteiger partial charge in [0.15, 0.2) is 5.50 Å². The van der Waals surface area contributed by atoms with Gasteiger partial charge in [-0.2, -0.15) is 0 Å². The van der Waals surface area contributed by atoms with Crippen molar-refractivity contribution in [2.45, 2.75) is 10.4 Å². The smallest absolute Gasteiger partial charge is 0.207 e. The molecule has 3 N–H and O–H groups in total. The first-order chi connectivity index (χ1) is 15.1. The van der Waals surface area contributed by atoms with Crippen molar-refractivity contribution in [1.82, 2.24) is 16.0 Å². The van der Waals surface area contributed by atoms with Crippen LogP contribution < -0.4 is 20.9 Å². The van der Waals surface area contributed by atoms with Gasteiger partial charge in [0.25, 0.3) is 0 Å². The van der Waals surface area contributed by atoms with Crippen LogP contribution in [-0.4, -0.2) is 46.8 Å². The lowest BCUT2D eigenvalue weighted by atomic mass is 9.97. The Bertz CT molecular complexity index is 1170. The molecule has 2 aliphatic heterocycles. The van der Waals surface area contributed by atoms with Crippen molar-refractivity contribution >= 4 is 15.5 Å². The zero-order valence-corrected chi connectivity index (χ0v) is 18.0. The second kappa shape index (κ2) is 8.43. The molecule has 0 aromatic heterocycles. The van der Waals surface area contributed by atoms with E-state index in [0.29, 0.717) is 18.0 Å². The standard InChI is InChI=1S/C24H26N4O2S/c29-31(30,24-26-11-12-27-24)21-8-4-7-20(15-21)22-10-9-19(18-5-2-1-3-6-18)16-23(22)28-14-13-25-17-28/h1-10,15-16,24-27H,11-14,17H2. The quantitative estimate of drug-likeness (QED) is 0.573. The summed E-state index contributed by atoms with van der Waals surface area (Å²) in [6.07, 6.45) is 0. The summed E-state index contributed by atoms with van der Waals surface area (Å²) in [7, 11) is -3.50. The highest BCUT2D eigenvalue weighted by atomic mass is 32.2. The number of hydrogen-bond donors (Lipinski definition) is 3. The van der Waals surface area contributed by atoms with E-state index in [9.17, 15) is 8.42 Å². The molecule has 0 atom stereocenters.